The van der Waals surface area contributed by atoms with Crippen LogP contribution in [0.5, 0.6) is 11.5 Å². The highest BCUT2D eigenvalue weighted by molar-refractivity contribution is 5.40. The zero-order chi connectivity index (χ0) is 12.8. The smallest absolute Gasteiger partial charge is 0.127 e. The average Bonchev–Trinajstić information content (AvgIpc) is 2.46. The maximum atomic E-state index is 5.36. The topological polar surface area (TPSA) is 43.0 Å². The number of nitrogens with one attached hydrogen (secondary N) is 1. The molecule has 1 aromatic rings. The summed E-state index contributed by atoms with van der Waals surface area (Å²) >= 11 is 0. The first-order valence-electron chi connectivity index (χ1n) is 6.10. The van der Waals surface area contributed by atoms with Crippen LogP contribution in [0.2, 0.25) is 0 Å². The van der Waals surface area contributed by atoms with Gasteiger partial charge in [-0.2, -0.15) is 0 Å². The normalized spacial score (nSPS) is 16.6. The summed E-state index contributed by atoms with van der Waals surface area (Å²) in [5.74, 6) is 1.65. The summed E-state index contributed by atoms with van der Waals surface area (Å²) in [6, 6.07) is 5.86. The molecule has 1 aliphatic heterocycles. The second kappa shape index (κ2) is 6.58. The summed E-state index contributed by atoms with van der Waals surface area (Å²) in [6.07, 6.45) is 0. The van der Waals surface area contributed by atoms with Crippen molar-refractivity contribution in [2.45, 2.75) is 6.54 Å². The molecule has 1 N–H and O–H groups in total. The molecule has 0 bridgehead atoms. The van der Waals surface area contributed by atoms with Gasteiger partial charge in [-0.15, -0.1) is 0 Å². The van der Waals surface area contributed by atoms with Crippen LogP contribution in [0.15, 0.2) is 18.2 Å². The van der Waals surface area contributed by atoms with Crippen molar-refractivity contribution in [3.8, 4) is 11.5 Å². The van der Waals surface area contributed by atoms with Crippen LogP contribution in [0.25, 0.3) is 0 Å². The Morgan fingerprint density at radius 3 is 2.67 bits per heavy atom. The first kappa shape index (κ1) is 13.1. The van der Waals surface area contributed by atoms with Crippen molar-refractivity contribution in [3.63, 3.8) is 0 Å². The van der Waals surface area contributed by atoms with Gasteiger partial charge < -0.3 is 14.2 Å². The SMILES string of the molecule is COc1ccc(CNN2CCOCC2)c(OC)c1. The van der Waals surface area contributed by atoms with E-state index in [2.05, 4.69) is 10.4 Å². The average molecular weight is 252 g/mol. The van der Waals surface area contributed by atoms with E-state index in [1.165, 1.54) is 0 Å². The van der Waals surface area contributed by atoms with Gasteiger partial charge in [-0.3, -0.25) is 5.43 Å². The molecular weight excluding hydrogens is 232 g/mol. The van der Waals surface area contributed by atoms with Crippen molar-refractivity contribution >= 4 is 0 Å². The van der Waals surface area contributed by atoms with E-state index in [9.17, 15) is 0 Å². The van der Waals surface area contributed by atoms with Gasteiger partial charge in [-0.1, -0.05) is 6.07 Å². The molecule has 0 amide bonds. The molecule has 0 aliphatic carbocycles. The molecule has 0 atom stereocenters. The molecule has 0 unspecified atom stereocenters. The van der Waals surface area contributed by atoms with E-state index in [-0.39, 0.29) is 0 Å². The third-order valence-electron chi connectivity index (χ3n) is 3.00. The van der Waals surface area contributed by atoms with Crippen molar-refractivity contribution in [1.82, 2.24) is 10.4 Å². The van der Waals surface area contributed by atoms with Crippen LogP contribution >= 0.6 is 0 Å². The number of ether oxygens (including phenoxy) is 3. The monoisotopic (exact) mass is 252 g/mol. The number of hydrogen-bond acceptors (Lipinski definition) is 5. The van der Waals surface area contributed by atoms with Gasteiger partial charge in [-0.25, -0.2) is 5.01 Å². The number of morpholine rings is 1. The van der Waals surface area contributed by atoms with Crippen LogP contribution in [-0.2, 0) is 11.3 Å². The highest BCUT2D eigenvalue weighted by Gasteiger charge is 2.11. The minimum Gasteiger partial charge on any atom is -0.497 e. The predicted octanol–water partition coefficient (Wildman–Crippen LogP) is 1.04. The molecule has 1 heterocycles. The van der Waals surface area contributed by atoms with Gasteiger partial charge in [0.2, 0.25) is 0 Å². The van der Waals surface area contributed by atoms with Gasteiger partial charge in [-0.05, 0) is 6.07 Å². The van der Waals surface area contributed by atoms with E-state index < -0.39 is 0 Å². The Balaban J connectivity index is 1.95. The van der Waals surface area contributed by atoms with E-state index in [1.54, 1.807) is 14.2 Å². The molecule has 1 aliphatic rings. The number of nitrogens with zero attached hydrogens (tertiary/aromatic N) is 1. The highest BCUT2D eigenvalue weighted by Crippen LogP contribution is 2.24. The minimum absolute atomic E-state index is 0.743. The van der Waals surface area contributed by atoms with Crippen molar-refractivity contribution < 1.29 is 14.2 Å². The van der Waals surface area contributed by atoms with Crippen LogP contribution in [0.3, 0.4) is 0 Å². The van der Waals surface area contributed by atoms with Gasteiger partial charge in [0.1, 0.15) is 11.5 Å². The fourth-order valence-corrected chi connectivity index (χ4v) is 1.92. The fraction of sp³-hybridized carbons (Fsp3) is 0.538. The molecule has 0 aromatic heterocycles. The summed E-state index contributed by atoms with van der Waals surface area (Å²) in [6.45, 7) is 4.14. The molecule has 18 heavy (non-hydrogen) atoms. The van der Waals surface area contributed by atoms with E-state index in [1.807, 2.05) is 18.2 Å². The third kappa shape index (κ3) is 3.35. The second-order valence-electron chi connectivity index (χ2n) is 4.11. The maximum absolute atomic E-state index is 5.36. The minimum atomic E-state index is 0.743. The molecule has 5 heteroatoms. The Kier molecular flexibility index (Phi) is 4.81. The van der Waals surface area contributed by atoms with Crippen LogP contribution in [0.1, 0.15) is 5.56 Å². The Bertz CT molecular complexity index is 378. The highest BCUT2D eigenvalue weighted by atomic mass is 16.5. The third-order valence-corrected chi connectivity index (χ3v) is 3.00. The summed E-state index contributed by atoms with van der Waals surface area (Å²) in [4.78, 5) is 0. The van der Waals surface area contributed by atoms with Crippen molar-refractivity contribution in [2.24, 2.45) is 0 Å². The van der Waals surface area contributed by atoms with E-state index in [4.69, 9.17) is 14.2 Å². The van der Waals surface area contributed by atoms with Crippen molar-refractivity contribution in [3.05, 3.63) is 23.8 Å². The lowest BCUT2D eigenvalue weighted by molar-refractivity contribution is 0.0104. The Morgan fingerprint density at radius 1 is 1.22 bits per heavy atom. The zero-order valence-corrected chi connectivity index (χ0v) is 10.9. The van der Waals surface area contributed by atoms with E-state index in [0.29, 0.717) is 0 Å². The fourth-order valence-electron chi connectivity index (χ4n) is 1.92. The number of methoxy groups -OCH3 is 2. The summed E-state index contributed by atoms with van der Waals surface area (Å²) < 4.78 is 15.8. The van der Waals surface area contributed by atoms with Crippen LogP contribution in [-0.4, -0.2) is 45.5 Å². The first-order chi connectivity index (χ1) is 8.83. The Labute approximate surface area is 108 Å². The molecule has 1 fully saturated rings. The number of hydrogen-bond donors (Lipinski definition) is 1. The summed E-state index contributed by atoms with van der Waals surface area (Å²) in [7, 11) is 3.33. The molecule has 2 rings (SSSR count). The number of hydrazine groups is 1. The van der Waals surface area contributed by atoms with Crippen LogP contribution < -0.4 is 14.9 Å². The van der Waals surface area contributed by atoms with Crippen LogP contribution in [0, 0.1) is 0 Å². The molecule has 0 saturated carbocycles. The lowest BCUT2D eigenvalue weighted by Gasteiger charge is -2.27. The lowest BCUT2D eigenvalue weighted by atomic mass is 10.2. The van der Waals surface area contributed by atoms with Gasteiger partial charge in [0.25, 0.3) is 0 Å². The first-order valence-corrected chi connectivity index (χ1v) is 6.10. The van der Waals surface area contributed by atoms with E-state index in [0.717, 1.165) is 49.9 Å². The molecule has 100 valence electrons. The molecular formula is C13H20N2O3. The second-order valence-corrected chi connectivity index (χ2v) is 4.11. The molecule has 0 spiro atoms. The van der Waals surface area contributed by atoms with E-state index >= 15 is 0 Å². The number of rotatable bonds is 5. The molecule has 1 saturated heterocycles. The van der Waals surface area contributed by atoms with Gasteiger partial charge in [0.05, 0.1) is 27.4 Å². The largest absolute Gasteiger partial charge is 0.497 e. The van der Waals surface area contributed by atoms with Gasteiger partial charge in [0.15, 0.2) is 0 Å². The quantitative estimate of drug-likeness (QED) is 0.848. The van der Waals surface area contributed by atoms with Crippen molar-refractivity contribution in [1.29, 1.82) is 0 Å². The number of benzene rings is 1. The Morgan fingerprint density at radius 2 is 2.00 bits per heavy atom. The summed E-state index contributed by atoms with van der Waals surface area (Å²) in [5.41, 5.74) is 4.50. The van der Waals surface area contributed by atoms with Gasteiger partial charge in [0, 0.05) is 31.3 Å². The van der Waals surface area contributed by atoms with Gasteiger partial charge >= 0.3 is 0 Å². The summed E-state index contributed by atoms with van der Waals surface area (Å²) in [5, 5.41) is 2.17. The molecule has 0 radical (unpaired) electrons. The maximum Gasteiger partial charge on any atom is 0.127 e. The van der Waals surface area contributed by atoms with Crippen LogP contribution in [0.4, 0.5) is 0 Å². The van der Waals surface area contributed by atoms with Crippen molar-refractivity contribution in [2.75, 3.05) is 40.5 Å². The predicted molar refractivity (Wildman–Crippen MR) is 68.8 cm³/mol. The molecule has 1 aromatic carbocycles. The lowest BCUT2D eigenvalue weighted by Crippen LogP contribution is -2.45. The Hall–Kier alpha value is -1.30. The zero-order valence-electron chi connectivity index (χ0n) is 10.9. The molecule has 5 nitrogen and oxygen atoms in total. The standard InChI is InChI=1S/C13H20N2O3/c1-16-12-4-3-11(13(9-12)17-2)10-14-15-5-7-18-8-6-15/h3-4,9,14H,5-8,10H2,1-2H3.